The van der Waals surface area contributed by atoms with Crippen LogP contribution < -0.4 is 0 Å². The van der Waals surface area contributed by atoms with Crippen LogP contribution in [0.4, 0.5) is 0 Å². The van der Waals surface area contributed by atoms with E-state index in [-0.39, 0.29) is 6.10 Å². The predicted molar refractivity (Wildman–Crippen MR) is 86.8 cm³/mol. The molecule has 0 aromatic rings. The summed E-state index contributed by atoms with van der Waals surface area (Å²) in [5.74, 6) is 3.59. The molecule has 1 nitrogen and oxygen atoms in total. The van der Waals surface area contributed by atoms with Gasteiger partial charge in [-0.2, -0.15) is 0 Å². The van der Waals surface area contributed by atoms with Crippen LogP contribution in [0.1, 0.15) is 65.2 Å². The average Bonchev–Trinajstić information content (AvgIpc) is 2.83. The van der Waals surface area contributed by atoms with Gasteiger partial charge in [-0.25, -0.2) is 0 Å². The maximum atomic E-state index is 9.92. The summed E-state index contributed by atoms with van der Waals surface area (Å²) in [6, 6.07) is 0. The van der Waals surface area contributed by atoms with Crippen LogP contribution in [0, 0.1) is 29.1 Å². The van der Waals surface area contributed by atoms with Gasteiger partial charge in [0, 0.05) is 0 Å². The number of hydrogen-bond donors (Lipinski definition) is 1. The Morgan fingerprint density at radius 3 is 2.86 bits per heavy atom. The zero-order valence-electron chi connectivity index (χ0n) is 13.6. The average molecular weight is 286 g/mol. The first-order chi connectivity index (χ1) is 10.1. The predicted octanol–water partition coefficient (Wildman–Crippen LogP) is 4.87. The van der Waals surface area contributed by atoms with Crippen LogP contribution in [-0.4, -0.2) is 11.2 Å². The summed E-state index contributed by atoms with van der Waals surface area (Å²) in [7, 11) is 0. The van der Waals surface area contributed by atoms with E-state index in [0.29, 0.717) is 5.41 Å². The van der Waals surface area contributed by atoms with Crippen molar-refractivity contribution >= 4 is 0 Å². The zero-order valence-corrected chi connectivity index (χ0v) is 13.6. The summed E-state index contributed by atoms with van der Waals surface area (Å²) in [6.45, 7) is 4.90. The molecule has 0 saturated heterocycles. The van der Waals surface area contributed by atoms with Gasteiger partial charge in [-0.15, -0.1) is 0 Å². The molecule has 4 rings (SSSR count). The molecule has 21 heavy (non-hydrogen) atoms. The molecule has 0 heterocycles. The highest BCUT2D eigenvalue weighted by atomic mass is 16.3. The van der Waals surface area contributed by atoms with Crippen LogP contribution in [0.2, 0.25) is 0 Å². The first kappa shape index (κ1) is 14.1. The highest BCUT2D eigenvalue weighted by molar-refractivity contribution is 5.27. The first-order valence-electron chi connectivity index (χ1n) is 9.21. The molecular formula is C20H30O. The highest BCUT2D eigenvalue weighted by Crippen LogP contribution is 2.62. The molecule has 0 amide bonds. The van der Waals surface area contributed by atoms with Gasteiger partial charge in [-0.3, -0.25) is 0 Å². The number of allylic oxidation sites excluding steroid dienone is 3. The summed E-state index contributed by atoms with van der Waals surface area (Å²) in [4.78, 5) is 0. The molecule has 0 aromatic heterocycles. The van der Waals surface area contributed by atoms with Gasteiger partial charge >= 0.3 is 0 Å². The third-order valence-electron chi connectivity index (χ3n) is 7.55. The lowest BCUT2D eigenvalue weighted by Crippen LogP contribution is -2.45. The van der Waals surface area contributed by atoms with Crippen molar-refractivity contribution in [1.29, 1.82) is 0 Å². The maximum Gasteiger partial charge on any atom is 0.0723 e. The van der Waals surface area contributed by atoms with Gasteiger partial charge in [-0.05, 0) is 80.5 Å². The monoisotopic (exact) mass is 286 g/mol. The van der Waals surface area contributed by atoms with Crippen molar-refractivity contribution in [1.82, 2.24) is 0 Å². The van der Waals surface area contributed by atoms with E-state index in [4.69, 9.17) is 0 Å². The van der Waals surface area contributed by atoms with E-state index >= 15 is 0 Å². The maximum absolute atomic E-state index is 9.92. The molecule has 0 radical (unpaired) electrons. The number of aliphatic hydroxyl groups excluding tert-OH is 1. The van der Waals surface area contributed by atoms with E-state index < -0.39 is 0 Å². The molecule has 0 aliphatic heterocycles. The fraction of sp³-hybridized carbons (Fsp3) is 0.800. The Balaban J connectivity index is 1.61. The second-order valence-electron chi connectivity index (χ2n) is 8.24. The second kappa shape index (κ2) is 4.98. The Morgan fingerprint density at radius 1 is 1.19 bits per heavy atom. The van der Waals surface area contributed by atoms with Crippen LogP contribution in [0.15, 0.2) is 23.3 Å². The number of rotatable bonds is 1. The molecule has 4 aliphatic rings. The Morgan fingerprint density at radius 2 is 2.05 bits per heavy atom. The number of hydrogen-bond acceptors (Lipinski definition) is 1. The van der Waals surface area contributed by atoms with Crippen molar-refractivity contribution in [3.63, 3.8) is 0 Å². The van der Waals surface area contributed by atoms with Gasteiger partial charge in [0.2, 0.25) is 0 Å². The molecule has 4 aliphatic carbocycles. The van der Waals surface area contributed by atoms with Crippen molar-refractivity contribution in [2.24, 2.45) is 29.1 Å². The first-order valence-corrected chi connectivity index (χ1v) is 9.21. The topological polar surface area (TPSA) is 20.2 Å². The normalized spacial score (nSPS) is 48.8. The van der Waals surface area contributed by atoms with Gasteiger partial charge < -0.3 is 5.11 Å². The Labute approximate surface area is 129 Å². The van der Waals surface area contributed by atoms with Crippen LogP contribution in [0.3, 0.4) is 0 Å². The van der Waals surface area contributed by atoms with Gasteiger partial charge in [0.25, 0.3) is 0 Å². The fourth-order valence-electron chi connectivity index (χ4n) is 6.52. The Hall–Kier alpha value is -0.560. The lowest BCUT2D eigenvalue weighted by Gasteiger charge is -2.54. The Bertz CT molecular complexity index is 488. The molecule has 0 bridgehead atoms. The van der Waals surface area contributed by atoms with Gasteiger partial charge in [0.1, 0.15) is 0 Å². The van der Waals surface area contributed by atoms with Gasteiger partial charge in [-0.1, -0.05) is 37.1 Å². The van der Waals surface area contributed by atoms with E-state index in [1.807, 2.05) is 0 Å². The van der Waals surface area contributed by atoms with Crippen molar-refractivity contribution in [3.05, 3.63) is 23.3 Å². The van der Waals surface area contributed by atoms with Crippen molar-refractivity contribution in [2.45, 2.75) is 71.3 Å². The summed E-state index contributed by atoms with van der Waals surface area (Å²) < 4.78 is 0. The minimum atomic E-state index is -0.151. The lowest BCUT2D eigenvalue weighted by atomic mass is 9.51. The largest absolute Gasteiger partial charge is 0.389 e. The number of fused-ring (bicyclic) bond motifs is 5. The van der Waals surface area contributed by atoms with Crippen molar-refractivity contribution < 1.29 is 5.11 Å². The second-order valence-corrected chi connectivity index (χ2v) is 8.24. The van der Waals surface area contributed by atoms with Gasteiger partial charge in [0.05, 0.1) is 6.10 Å². The third kappa shape index (κ3) is 2.00. The molecule has 6 atom stereocenters. The van der Waals surface area contributed by atoms with E-state index in [1.54, 1.807) is 11.1 Å². The Kier molecular flexibility index (Phi) is 3.33. The summed E-state index contributed by atoms with van der Waals surface area (Å²) in [5, 5.41) is 9.92. The molecule has 1 N–H and O–H groups in total. The molecule has 0 aromatic carbocycles. The highest BCUT2D eigenvalue weighted by Gasteiger charge is 2.52. The summed E-state index contributed by atoms with van der Waals surface area (Å²) >= 11 is 0. The molecule has 2 fully saturated rings. The standard InChI is InChI=1S/C20H30O/c1-3-14-5-9-19-18-7-4-13-12-15(21)6-8-16(13)17(18)10-11-20(14,19)2/h5,12,15-19,21H,3-4,6-11H2,1-2H3/t15?,16-,17?,18?,19?,20+/m0/s1. The SMILES string of the molecule is CCC1=CCC2C3CCC4=CC(O)CC[C@@H]4C3CC[C@]12C. The molecule has 2 saturated carbocycles. The van der Waals surface area contributed by atoms with Crippen molar-refractivity contribution in [2.75, 3.05) is 0 Å². The third-order valence-corrected chi connectivity index (χ3v) is 7.55. The van der Waals surface area contributed by atoms with Crippen LogP contribution in [-0.2, 0) is 0 Å². The van der Waals surface area contributed by atoms with Gasteiger partial charge in [0.15, 0.2) is 0 Å². The molecule has 1 heteroatoms. The number of aliphatic hydroxyl groups is 1. The van der Waals surface area contributed by atoms with E-state index in [1.165, 1.54) is 44.9 Å². The summed E-state index contributed by atoms with van der Waals surface area (Å²) in [5.41, 5.74) is 3.89. The molecule has 116 valence electrons. The van der Waals surface area contributed by atoms with Crippen molar-refractivity contribution in [3.8, 4) is 0 Å². The van der Waals surface area contributed by atoms with Crippen LogP contribution in [0.25, 0.3) is 0 Å². The fourth-order valence-corrected chi connectivity index (χ4v) is 6.52. The molecule has 0 spiro atoms. The van der Waals surface area contributed by atoms with E-state index in [0.717, 1.165) is 30.1 Å². The van der Waals surface area contributed by atoms with E-state index in [2.05, 4.69) is 26.0 Å². The molecular weight excluding hydrogens is 256 g/mol. The van der Waals surface area contributed by atoms with Crippen LogP contribution >= 0.6 is 0 Å². The smallest absolute Gasteiger partial charge is 0.0723 e. The summed E-state index contributed by atoms with van der Waals surface area (Å²) in [6.07, 6.45) is 15.0. The minimum absolute atomic E-state index is 0.151. The quantitative estimate of drug-likeness (QED) is 0.682. The molecule has 4 unspecified atom stereocenters. The van der Waals surface area contributed by atoms with Crippen LogP contribution in [0.5, 0.6) is 0 Å². The zero-order chi connectivity index (χ0) is 14.6. The minimum Gasteiger partial charge on any atom is -0.389 e. The lowest BCUT2D eigenvalue weighted by molar-refractivity contribution is 0.00365. The van der Waals surface area contributed by atoms with E-state index in [9.17, 15) is 5.11 Å².